The molecule has 3 aliphatic rings. The van der Waals surface area contributed by atoms with E-state index in [9.17, 15) is 13.2 Å². The van der Waals surface area contributed by atoms with Crippen molar-refractivity contribution in [2.24, 2.45) is 0 Å². The molecule has 0 bridgehead atoms. The maximum Gasteiger partial charge on any atom is 0.323 e. The molecular weight excluding hydrogens is 414 g/mol. The minimum Gasteiger partial charge on any atom is -0.368 e. The van der Waals surface area contributed by atoms with Crippen molar-refractivity contribution in [1.82, 2.24) is 14.7 Å². The minimum atomic E-state index is -3.02. The molecule has 1 N–H and O–H groups in total. The topological polar surface area (TPSA) is 87.5 Å². The number of aryl methyl sites for hydroxylation is 1. The van der Waals surface area contributed by atoms with E-state index in [1.54, 1.807) is 4.68 Å². The van der Waals surface area contributed by atoms with Gasteiger partial charge in [0.05, 0.1) is 23.2 Å². The second kappa shape index (κ2) is 7.85. The largest absolute Gasteiger partial charge is 0.368 e. The second-order valence-corrected chi connectivity index (χ2v) is 11.1. The lowest BCUT2D eigenvalue weighted by Gasteiger charge is -2.38. The third-order valence-corrected chi connectivity index (χ3v) is 8.51. The molecule has 1 unspecified atom stereocenters. The normalized spacial score (nSPS) is 23.2. The Kier molecular flexibility index (Phi) is 5.16. The molecule has 0 radical (unpaired) electrons. The first-order chi connectivity index (χ1) is 14.9. The third-order valence-electron chi connectivity index (χ3n) is 6.76. The maximum atomic E-state index is 12.9. The molecule has 1 atom stereocenters. The minimum absolute atomic E-state index is 0.0830. The van der Waals surface area contributed by atoms with E-state index in [4.69, 9.17) is 0 Å². The third kappa shape index (κ3) is 4.03. The number of anilines is 2. The highest BCUT2D eigenvalue weighted by molar-refractivity contribution is 7.91. The summed E-state index contributed by atoms with van der Waals surface area (Å²) < 4.78 is 25.4. The number of benzene rings is 1. The van der Waals surface area contributed by atoms with E-state index in [1.165, 1.54) is 11.3 Å². The van der Waals surface area contributed by atoms with Crippen molar-refractivity contribution < 1.29 is 13.2 Å². The summed E-state index contributed by atoms with van der Waals surface area (Å²) >= 11 is 0. The van der Waals surface area contributed by atoms with E-state index in [1.807, 2.05) is 17.9 Å². The first-order valence-corrected chi connectivity index (χ1v) is 12.9. The number of urea groups is 1. The van der Waals surface area contributed by atoms with E-state index in [-0.39, 0.29) is 23.6 Å². The Hall–Kier alpha value is -2.55. The molecule has 0 aliphatic carbocycles. The number of hydrogen-bond acceptors (Lipinski definition) is 5. The fraction of sp³-hybridized carbons (Fsp3) is 0.545. The molecule has 31 heavy (non-hydrogen) atoms. The van der Waals surface area contributed by atoms with Gasteiger partial charge in [0.2, 0.25) is 0 Å². The van der Waals surface area contributed by atoms with Crippen molar-refractivity contribution in [3.8, 4) is 0 Å². The lowest BCUT2D eigenvalue weighted by molar-refractivity contribution is 0.193. The molecule has 0 saturated carbocycles. The van der Waals surface area contributed by atoms with Crippen LogP contribution < -0.4 is 10.2 Å². The van der Waals surface area contributed by atoms with Crippen LogP contribution in [0.3, 0.4) is 0 Å². The van der Waals surface area contributed by atoms with Crippen LogP contribution in [0.1, 0.15) is 36.6 Å². The van der Waals surface area contributed by atoms with Gasteiger partial charge in [-0.3, -0.25) is 5.32 Å². The number of likely N-dealkylation sites (tertiary alicyclic amines) is 1. The van der Waals surface area contributed by atoms with Gasteiger partial charge in [0.15, 0.2) is 9.84 Å². The number of sulfone groups is 1. The molecule has 5 rings (SSSR count). The fourth-order valence-electron chi connectivity index (χ4n) is 5.17. The summed E-state index contributed by atoms with van der Waals surface area (Å²) in [6.45, 7) is 4.33. The second-order valence-electron chi connectivity index (χ2n) is 8.89. The summed E-state index contributed by atoms with van der Waals surface area (Å²) in [5, 5.41) is 7.44. The average Bonchev–Trinajstić information content (AvgIpc) is 3.44. The summed E-state index contributed by atoms with van der Waals surface area (Å²) in [4.78, 5) is 17.3. The molecule has 9 heteroatoms. The zero-order chi connectivity index (χ0) is 21.6. The Labute approximate surface area is 183 Å². The molecule has 2 saturated heterocycles. The van der Waals surface area contributed by atoms with Gasteiger partial charge in [0.1, 0.15) is 5.82 Å². The number of para-hydroxylation sites is 1. The summed E-state index contributed by atoms with van der Waals surface area (Å²) in [6.07, 6.45) is 3.52. The molecule has 8 nitrogen and oxygen atoms in total. The zero-order valence-corrected chi connectivity index (χ0v) is 18.6. The average molecular weight is 444 g/mol. The highest BCUT2D eigenvalue weighted by Gasteiger charge is 2.33. The van der Waals surface area contributed by atoms with Crippen LogP contribution in [0, 0.1) is 6.92 Å². The van der Waals surface area contributed by atoms with Crippen molar-refractivity contribution in [1.29, 1.82) is 0 Å². The molecule has 2 fully saturated rings. The summed E-state index contributed by atoms with van der Waals surface area (Å²) in [7, 11) is -3.02. The Morgan fingerprint density at radius 3 is 2.61 bits per heavy atom. The van der Waals surface area contributed by atoms with Crippen LogP contribution in [0.5, 0.6) is 0 Å². The maximum absolute atomic E-state index is 12.9. The number of aromatic nitrogens is 2. The fourth-order valence-corrected chi connectivity index (χ4v) is 6.86. The van der Waals surface area contributed by atoms with Gasteiger partial charge < -0.3 is 9.80 Å². The van der Waals surface area contributed by atoms with Crippen LogP contribution in [0.4, 0.5) is 16.3 Å². The van der Waals surface area contributed by atoms with Crippen LogP contribution in [-0.4, -0.2) is 66.3 Å². The van der Waals surface area contributed by atoms with Crippen LogP contribution in [0.25, 0.3) is 0 Å². The smallest absolute Gasteiger partial charge is 0.323 e. The standard InChI is InChI=1S/C22H29N5O3S/c1-16-14-21(27(24-16)19-9-13-31(29,30)15-19)23-22(28)25-10-7-18(8-11-25)26-12-6-17-4-2-3-5-20(17)26/h2-5,14,18-19H,6-13,15H2,1H3,(H,23,28). The van der Waals surface area contributed by atoms with E-state index in [2.05, 4.69) is 39.6 Å². The molecule has 166 valence electrons. The van der Waals surface area contributed by atoms with Crippen molar-refractivity contribution >= 4 is 27.4 Å². The highest BCUT2D eigenvalue weighted by atomic mass is 32.2. The zero-order valence-electron chi connectivity index (χ0n) is 17.8. The molecule has 2 amide bonds. The van der Waals surface area contributed by atoms with Crippen molar-refractivity contribution in [3.63, 3.8) is 0 Å². The molecule has 0 spiro atoms. The van der Waals surface area contributed by atoms with Gasteiger partial charge in [-0.25, -0.2) is 17.9 Å². The van der Waals surface area contributed by atoms with Crippen molar-refractivity contribution in [2.75, 3.05) is 41.4 Å². The number of rotatable bonds is 3. The lowest BCUT2D eigenvalue weighted by Crippen LogP contribution is -2.47. The van der Waals surface area contributed by atoms with Gasteiger partial charge in [-0.2, -0.15) is 5.10 Å². The number of carbonyl (C=O) groups excluding carboxylic acids is 1. The van der Waals surface area contributed by atoms with Crippen LogP contribution in [0.15, 0.2) is 30.3 Å². The van der Waals surface area contributed by atoms with Gasteiger partial charge >= 0.3 is 6.03 Å². The monoisotopic (exact) mass is 443 g/mol. The highest BCUT2D eigenvalue weighted by Crippen LogP contribution is 2.32. The molecule has 2 aromatic rings. The van der Waals surface area contributed by atoms with Gasteiger partial charge in [-0.05, 0) is 44.2 Å². The van der Waals surface area contributed by atoms with Crippen LogP contribution in [-0.2, 0) is 16.3 Å². The Morgan fingerprint density at radius 1 is 1.10 bits per heavy atom. The quantitative estimate of drug-likeness (QED) is 0.788. The van der Waals surface area contributed by atoms with E-state index < -0.39 is 9.84 Å². The van der Waals surface area contributed by atoms with Crippen molar-refractivity contribution in [2.45, 2.75) is 44.7 Å². The first-order valence-electron chi connectivity index (χ1n) is 11.1. The van der Waals surface area contributed by atoms with Gasteiger partial charge in [0, 0.05) is 37.4 Å². The number of hydrogen-bond donors (Lipinski definition) is 1. The van der Waals surface area contributed by atoms with E-state index >= 15 is 0 Å². The molecule has 4 heterocycles. The molecule has 1 aromatic carbocycles. The number of carbonyl (C=O) groups is 1. The number of amides is 2. The summed E-state index contributed by atoms with van der Waals surface area (Å²) in [5.74, 6) is 0.844. The predicted molar refractivity (Wildman–Crippen MR) is 120 cm³/mol. The molecule has 3 aliphatic heterocycles. The molecular formula is C22H29N5O3S. The van der Waals surface area contributed by atoms with Crippen LogP contribution in [0.2, 0.25) is 0 Å². The van der Waals surface area contributed by atoms with E-state index in [0.29, 0.717) is 31.4 Å². The van der Waals surface area contributed by atoms with E-state index in [0.717, 1.165) is 31.5 Å². The SMILES string of the molecule is Cc1cc(NC(=O)N2CCC(N3CCc4ccccc43)CC2)n(C2CCS(=O)(=O)C2)n1. The van der Waals surface area contributed by atoms with Gasteiger partial charge in [-0.15, -0.1) is 0 Å². The number of nitrogens with zero attached hydrogens (tertiary/aromatic N) is 4. The predicted octanol–water partition coefficient (Wildman–Crippen LogP) is 2.61. The number of nitrogens with one attached hydrogen (secondary N) is 1. The lowest BCUT2D eigenvalue weighted by atomic mass is 10.0. The summed E-state index contributed by atoms with van der Waals surface area (Å²) in [6, 6.07) is 10.5. The Balaban J connectivity index is 1.21. The number of piperidine rings is 1. The Morgan fingerprint density at radius 2 is 1.87 bits per heavy atom. The van der Waals surface area contributed by atoms with Gasteiger partial charge in [0.25, 0.3) is 0 Å². The first kappa shape index (κ1) is 20.4. The van der Waals surface area contributed by atoms with Crippen LogP contribution >= 0.6 is 0 Å². The summed E-state index contributed by atoms with van der Waals surface area (Å²) in [5.41, 5.74) is 3.53. The molecule has 1 aromatic heterocycles. The number of fused-ring (bicyclic) bond motifs is 1. The van der Waals surface area contributed by atoms with Gasteiger partial charge in [-0.1, -0.05) is 18.2 Å². The Bertz CT molecular complexity index is 1090. The van der Waals surface area contributed by atoms with Crippen molar-refractivity contribution in [3.05, 3.63) is 41.6 Å².